The van der Waals surface area contributed by atoms with Gasteiger partial charge < -0.3 is 34.7 Å². The summed E-state index contributed by atoms with van der Waals surface area (Å²) in [5, 5.41) is 22.6. The van der Waals surface area contributed by atoms with Crippen molar-refractivity contribution < 1.29 is 53.2 Å². The summed E-state index contributed by atoms with van der Waals surface area (Å²) in [7, 11) is 0. The van der Waals surface area contributed by atoms with E-state index in [2.05, 4.69) is 17.2 Å². The Bertz CT molecular complexity index is 1540. The zero-order chi connectivity index (χ0) is 38.0. The number of hydrogen-bond donors (Lipinski definition) is 4. The summed E-state index contributed by atoms with van der Waals surface area (Å²) in [4.78, 5) is 91.5. The first-order chi connectivity index (χ1) is 25.0. The maximum absolute atomic E-state index is 13.7. The molecule has 4 N–H and O–H groups in total. The molecule has 0 bridgehead atoms. The number of fused-ring (bicyclic) bond motifs is 1. The molecule has 1 unspecified atom stereocenters. The van der Waals surface area contributed by atoms with Crippen LogP contribution < -0.4 is 10.9 Å². The molecule has 1 amide bonds. The van der Waals surface area contributed by atoms with Crippen LogP contribution in [0.2, 0.25) is 0 Å². The molecule has 1 saturated carbocycles. The Morgan fingerprint density at radius 3 is 2.06 bits per heavy atom. The highest BCUT2D eigenvalue weighted by Gasteiger charge is 2.38. The number of carboxylic acids is 2. The van der Waals surface area contributed by atoms with E-state index in [9.17, 15) is 43.8 Å². The fourth-order valence-electron chi connectivity index (χ4n) is 6.69. The van der Waals surface area contributed by atoms with Gasteiger partial charge in [-0.2, -0.15) is 0 Å². The van der Waals surface area contributed by atoms with Crippen LogP contribution in [0, 0.1) is 12.8 Å². The smallest absolute Gasteiger partial charge is 0.317 e. The van der Waals surface area contributed by atoms with Gasteiger partial charge in [-0.05, 0) is 49.8 Å². The highest BCUT2D eigenvalue weighted by molar-refractivity contribution is 5.95. The number of aliphatic carboxylic acids is 2. The Balaban J connectivity index is 1.95. The lowest BCUT2D eigenvalue weighted by molar-refractivity contribution is -0.144. The summed E-state index contributed by atoms with van der Waals surface area (Å²) in [6.07, 6.45) is 2.96. The van der Waals surface area contributed by atoms with Gasteiger partial charge >= 0.3 is 11.9 Å². The number of H-pyrrole nitrogens is 1. The average molecular weight is 733 g/mol. The van der Waals surface area contributed by atoms with E-state index in [4.69, 9.17) is 14.2 Å². The van der Waals surface area contributed by atoms with E-state index < -0.39 is 30.9 Å². The number of hydrogen-bond acceptors (Lipinski definition) is 14. The molecule has 1 aromatic heterocycles. The van der Waals surface area contributed by atoms with Gasteiger partial charge in [-0.25, -0.2) is 4.90 Å². The SMILES string of the molecule is CCC1CC[C@H](N(CCN(CC(=O)O)CC(=O)O)CC(=O)Nc2ccc3c(C)cc(=O)[nH]c3c2)[C@@H](N(CCN(COC=O)COC=O)COC=O)C1. The topological polar surface area (TPSA) is 228 Å². The molecule has 3 atom stereocenters. The molecular formula is C34H48N6O12. The number of nitrogens with one attached hydrogen (secondary N) is 2. The average Bonchev–Trinajstić information content (AvgIpc) is 3.09. The van der Waals surface area contributed by atoms with E-state index in [1.54, 1.807) is 23.1 Å². The minimum atomic E-state index is -1.20. The van der Waals surface area contributed by atoms with Crippen molar-refractivity contribution in [2.75, 3.05) is 71.3 Å². The number of aromatic nitrogens is 1. The normalized spacial score (nSPS) is 17.3. The van der Waals surface area contributed by atoms with Crippen molar-refractivity contribution in [1.29, 1.82) is 0 Å². The summed E-state index contributed by atoms with van der Waals surface area (Å²) in [6.45, 7) is 3.77. The molecule has 1 heterocycles. The van der Waals surface area contributed by atoms with Crippen LogP contribution in [0.4, 0.5) is 5.69 Å². The molecule has 1 fully saturated rings. The van der Waals surface area contributed by atoms with Gasteiger partial charge in [0.05, 0.1) is 25.2 Å². The number of pyridine rings is 1. The lowest BCUT2D eigenvalue weighted by Gasteiger charge is -2.47. The summed E-state index contributed by atoms with van der Waals surface area (Å²) < 4.78 is 15.0. The number of anilines is 1. The van der Waals surface area contributed by atoms with Crippen molar-refractivity contribution in [3.63, 3.8) is 0 Å². The molecule has 52 heavy (non-hydrogen) atoms. The van der Waals surface area contributed by atoms with Gasteiger partial charge in [0.2, 0.25) is 11.5 Å². The number of rotatable bonds is 25. The van der Waals surface area contributed by atoms with Crippen LogP contribution in [0.25, 0.3) is 10.9 Å². The van der Waals surface area contributed by atoms with Crippen LogP contribution in [0.1, 0.15) is 38.2 Å². The van der Waals surface area contributed by atoms with Crippen LogP contribution in [0.15, 0.2) is 29.1 Å². The third kappa shape index (κ3) is 13.3. The van der Waals surface area contributed by atoms with Crippen molar-refractivity contribution in [3.8, 4) is 0 Å². The monoisotopic (exact) mass is 732 g/mol. The van der Waals surface area contributed by atoms with Crippen molar-refractivity contribution >= 4 is 53.9 Å². The van der Waals surface area contributed by atoms with Crippen molar-refractivity contribution in [2.24, 2.45) is 5.92 Å². The molecule has 18 heteroatoms. The number of aromatic amines is 1. The van der Waals surface area contributed by atoms with E-state index in [-0.39, 0.29) is 83.5 Å². The summed E-state index contributed by atoms with van der Waals surface area (Å²) in [6, 6.07) is 6.03. The van der Waals surface area contributed by atoms with Gasteiger partial charge in [0.15, 0.2) is 0 Å². The number of aryl methyl sites for hydroxylation is 1. The maximum atomic E-state index is 13.7. The lowest BCUT2D eigenvalue weighted by atomic mass is 9.79. The molecular weight excluding hydrogens is 684 g/mol. The van der Waals surface area contributed by atoms with Crippen molar-refractivity contribution in [1.82, 2.24) is 24.6 Å². The van der Waals surface area contributed by atoms with E-state index in [0.29, 0.717) is 36.4 Å². The Kier molecular flexibility index (Phi) is 17.1. The highest BCUT2D eigenvalue weighted by Crippen LogP contribution is 2.33. The van der Waals surface area contributed by atoms with Crippen LogP contribution in [-0.2, 0) is 43.0 Å². The summed E-state index contributed by atoms with van der Waals surface area (Å²) in [5.41, 5.74) is 1.49. The minimum absolute atomic E-state index is 0.0213. The lowest BCUT2D eigenvalue weighted by Crippen LogP contribution is -2.58. The van der Waals surface area contributed by atoms with Gasteiger partial charge in [-0.15, -0.1) is 0 Å². The first-order valence-corrected chi connectivity index (χ1v) is 16.9. The number of nitrogens with zero attached hydrogens (tertiary/aromatic N) is 4. The summed E-state index contributed by atoms with van der Waals surface area (Å²) in [5.74, 6) is -2.50. The standard InChI is InChI=1S/C34H48N6O12/c1-3-25-4-7-29(30(13-25)40(20-52-23-43)11-9-38(18-50-21-41)19-51-22-42)39(10-8-37(16-33(46)47)17-34(48)49)15-32(45)35-26-5-6-27-24(2)12-31(44)36-28(27)14-26/h5-6,12,14,21-23,25,29-30H,3-4,7-11,13,15-20H2,1-2H3,(H,35,45)(H,36,44)(H,46,47)(H,48,49)/t25?,29-,30-/m0/s1. The number of benzene rings is 1. The molecule has 0 spiro atoms. The predicted molar refractivity (Wildman–Crippen MR) is 186 cm³/mol. The second-order valence-corrected chi connectivity index (χ2v) is 12.7. The number of ether oxygens (including phenoxy) is 3. The molecule has 1 aliphatic rings. The fraction of sp³-hybridized carbons (Fsp3) is 0.559. The van der Waals surface area contributed by atoms with Crippen LogP contribution >= 0.6 is 0 Å². The molecule has 1 aliphatic carbocycles. The number of carbonyl (C=O) groups is 6. The summed E-state index contributed by atoms with van der Waals surface area (Å²) >= 11 is 0. The second kappa shape index (κ2) is 21.5. The molecule has 2 aromatic rings. The third-order valence-electron chi connectivity index (χ3n) is 9.17. The molecule has 18 nitrogen and oxygen atoms in total. The quantitative estimate of drug-likeness (QED) is 0.0619. The maximum Gasteiger partial charge on any atom is 0.317 e. The van der Waals surface area contributed by atoms with E-state index in [1.807, 2.05) is 16.7 Å². The van der Waals surface area contributed by atoms with Gasteiger partial charge in [0, 0.05) is 55.4 Å². The Labute approximate surface area is 300 Å². The Hall–Kier alpha value is -4.91. The second-order valence-electron chi connectivity index (χ2n) is 12.7. The molecule has 0 saturated heterocycles. The van der Waals surface area contributed by atoms with E-state index >= 15 is 0 Å². The largest absolute Gasteiger partial charge is 0.480 e. The van der Waals surface area contributed by atoms with E-state index in [0.717, 1.165) is 23.8 Å². The van der Waals surface area contributed by atoms with E-state index in [1.165, 1.54) is 11.0 Å². The van der Waals surface area contributed by atoms with Gasteiger partial charge in [0.25, 0.3) is 19.4 Å². The van der Waals surface area contributed by atoms with Crippen LogP contribution in [0.5, 0.6) is 0 Å². The molecule has 3 rings (SSSR count). The Morgan fingerprint density at radius 2 is 1.44 bits per heavy atom. The van der Waals surface area contributed by atoms with Crippen LogP contribution in [0.3, 0.4) is 0 Å². The fourth-order valence-corrected chi connectivity index (χ4v) is 6.69. The third-order valence-corrected chi connectivity index (χ3v) is 9.17. The number of carboxylic acid groups (broad SMARTS) is 2. The highest BCUT2D eigenvalue weighted by atomic mass is 16.6. The molecule has 1 aromatic carbocycles. The first kappa shape index (κ1) is 41.5. The van der Waals surface area contributed by atoms with Crippen molar-refractivity contribution in [3.05, 3.63) is 40.2 Å². The zero-order valence-electron chi connectivity index (χ0n) is 29.4. The van der Waals surface area contributed by atoms with Crippen LogP contribution in [-0.4, -0.2) is 150 Å². The van der Waals surface area contributed by atoms with Crippen molar-refractivity contribution in [2.45, 2.75) is 51.6 Å². The first-order valence-electron chi connectivity index (χ1n) is 16.9. The molecule has 0 radical (unpaired) electrons. The minimum Gasteiger partial charge on any atom is -0.480 e. The van der Waals surface area contributed by atoms with Gasteiger partial charge in [0.1, 0.15) is 20.2 Å². The number of carbonyl (C=O) groups excluding carboxylic acids is 4. The van der Waals surface area contributed by atoms with Gasteiger partial charge in [-0.3, -0.25) is 48.3 Å². The zero-order valence-corrected chi connectivity index (χ0v) is 29.4. The molecule has 286 valence electrons. The molecule has 0 aliphatic heterocycles. The number of amides is 1. The Morgan fingerprint density at radius 1 is 0.827 bits per heavy atom. The van der Waals surface area contributed by atoms with Gasteiger partial charge in [-0.1, -0.05) is 19.4 Å². The predicted octanol–water partition coefficient (Wildman–Crippen LogP) is 0.491.